The van der Waals surface area contributed by atoms with Gasteiger partial charge >= 0.3 is 0 Å². The number of aryl methyl sites for hydroxylation is 1. The number of hydrogen-bond donors (Lipinski definition) is 1. The SMILES string of the molecule is COc1cccc2c(=O)c(C(=O)NCc3ccccc3Cl)cn(C)c12. The predicted molar refractivity (Wildman–Crippen MR) is 98.4 cm³/mol. The van der Waals surface area contributed by atoms with Gasteiger partial charge in [-0.1, -0.05) is 35.9 Å². The molecule has 1 aromatic heterocycles. The maximum Gasteiger partial charge on any atom is 0.257 e. The first kappa shape index (κ1) is 17.0. The van der Waals surface area contributed by atoms with Crippen molar-refractivity contribution in [3.8, 4) is 5.75 Å². The molecule has 25 heavy (non-hydrogen) atoms. The summed E-state index contributed by atoms with van der Waals surface area (Å²) in [6.45, 7) is 0.248. The van der Waals surface area contributed by atoms with Crippen molar-refractivity contribution in [1.82, 2.24) is 9.88 Å². The molecule has 0 bridgehead atoms. The van der Waals surface area contributed by atoms with Crippen LogP contribution in [0, 0.1) is 0 Å². The number of fused-ring (bicyclic) bond motifs is 1. The van der Waals surface area contributed by atoms with Crippen LogP contribution in [0.5, 0.6) is 5.75 Å². The molecule has 0 radical (unpaired) electrons. The van der Waals surface area contributed by atoms with Crippen molar-refractivity contribution in [2.45, 2.75) is 6.54 Å². The van der Waals surface area contributed by atoms with Crippen LogP contribution in [-0.4, -0.2) is 17.6 Å². The van der Waals surface area contributed by atoms with E-state index in [1.807, 2.05) is 18.2 Å². The first-order valence-electron chi connectivity index (χ1n) is 7.71. The monoisotopic (exact) mass is 356 g/mol. The van der Waals surface area contributed by atoms with Crippen molar-refractivity contribution in [2.24, 2.45) is 7.05 Å². The maximum absolute atomic E-state index is 12.7. The molecule has 0 unspecified atom stereocenters. The Bertz CT molecular complexity index is 1010. The highest BCUT2D eigenvalue weighted by Crippen LogP contribution is 2.23. The molecule has 3 aromatic rings. The van der Waals surface area contributed by atoms with Gasteiger partial charge in [0, 0.05) is 24.8 Å². The molecule has 0 aliphatic carbocycles. The third-order valence-electron chi connectivity index (χ3n) is 4.03. The molecule has 0 saturated carbocycles. The molecule has 1 amide bonds. The van der Waals surface area contributed by atoms with Gasteiger partial charge < -0.3 is 14.6 Å². The summed E-state index contributed by atoms with van der Waals surface area (Å²) in [5.41, 5.74) is 1.19. The zero-order valence-corrected chi connectivity index (χ0v) is 14.6. The van der Waals surface area contributed by atoms with E-state index in [0.29, 0.717) is 21.7 Å². The number of nitrogens with one attached hydrogen (secondary N) is 1. The number of carbonyl (C=O) groups is 1. The average molecular weight is 357 g/mol. The number of nitrogens with zero attached hydrogens (tertiary/aromatic N) is 1. The zero-order valence-electron chi connectivity index (χ0n) is 13.9. The molecule has 0 saturated heterocycles. The van der Waals surface area contributed by atoms with Gasteiger partial charge in [0.15, 0.2) is 0 Å². The van der Waals surface area contributed by atoms with Crippen LogP contribution in [0.4, 0.5) is 0 Å². The predicted octanol–water partition coefficient (Wildman–Crippen LogP) is 3.13. The smallest absolute Gasteiger partial charge is 0.257 e. The third kappa shape index (κ3) is 3.23. The Morgan fingerprint density at radius 2 is 1.96 bits per heavy atom. The largest absolute Gasteiger partial charge is 0.495 e. The van der Waals surface area contributed by atoms with Crippen molar-refractivity contribution >= 4 is 28.4 Å². The number of amides is 1. The molecule has 1 heterocycles. The summed E-state index contributed by atoms with van der Waals surface area (Å²) in [4.78, 5) is 25.2. The van der Waals surface area contributed by atoms with Crippen LogP contribution in [-0.2, 0) is 13.6 Å². The quantitative estimate of drug-likeness (QED) is 0.781. The Balaban J connectivity index is 1.96. The Kier molecular flexibility index (Phi) is 4.76. The number of rotatable bonds is 4. The highest BCUT2D eigenvalue weighted by atomic mass is 35.5. The molecule has 5 nitrogen and oxygen atoms in total. The normalized spacial score (nSPS) is 10.7. The third-order valence-corrected chi connectivity index (χ3v) is 4.39. The number of benzene rings is 2. The second kappa shape index (κ2) is 6.99. The van der Waals surface area contributed by atoms with Crippen LogP contribution in [0.3, 0.4) is 0 Å². The Morgan fingerprint density at radius 1 is 1.20 bits per heavy atom. The van der Waals surface area contributed by atoms with Gasteiger partial charge in [-0.25, -0.2) is 0 Å². The maximum atomic E-state index is 12.7. The second-order valence-corrected chi connectivity index (χ2v) is 6.02. The minimum absolute atomic E-state index is 0.0790. The molecule has 0 aliphatic rings. The lowest BCUT2D eigenvalue weighted by Crippen LogP contribution is -2.29. The first-order chi connectivity index (χ1) is 12.0. The number of pyridine rings is 1. The molecular weight excluding hydrogens is 340 g/mol. The number of methoxy groups -OCH3 is 1. The second-order valence-electron chi connectivity index (χ2n) is 5.61. The Hall–Kier alpha value is -2.79. The molecule has 3 rings (SSSR count). The molecule has 1 N–H and O–H groups in total. The summed E-state index contributed by atoms with van der Waals surface area (Å²) >= 11 is 6.09. The summed E-state index contributed by atoms with van der Waals surface area (Å²) in [7, 11) is 3.32. The Morgan fingerprint density at radius 3 is 2.68 bits per heavy atom. The number of carbonyl (C=O) groups excluding carboxylic acids is 1. The molecule has 128 valence electrons. The van der Waals surface area contributed by atoms with E-state index in [0.717, 1.165) is 5.56 Å². The summed E-state index contributed by atoms with van der Waals surface area (Å²) in [6, 6.07) is 12.4. The number of hydrogen-bond acceptors (Lipinski definition) is 3. The fourth-order valence-corrected chi connectivity index (χ4v) is 2.97. The van der Waals surface area contributed by atoms with Gasteiger partial charge in [0.2, 0.25) is 5.43 Å². The average Bonchev–Trinajstić information content (AvgIpc) is 2.63. The lowest BCUT2D eigenvalue weighted by atomic mass is 10.1. The molecule has 0 atom stereocenters. The molecular formula is C19H17ClN2O3. The highest BCUT2D eigenvalue weighted by Gasteiger charge is 2.16. The Labute approximate surface area is 149 Å². The van der Waals surface area contributed by atoms with Gasteiger partial charge in [-0.2, -0.15) is 0 Å². The van der Waals surface area contributed by atoms with Crippen molar-refractivity contribution < 1.29 is 9.53 Å². The van der Waals surface area contributed by atoms with Gasteiger partial charge in [-0.15, -0.1) is 0 Å². The van der Waals surface area contributed by atoms with Gasteiger partial charge in [0.1, 0.15) is 11.3 Å². The van der Waals surface area contributed by atoms with Crippen molar-refractivity contribution in [3.63, 3.8) is 0 Å². The van der Waals surface area contributed by atoms with Gasteiger partial charge in [0.05, 0.1) is 18.0 Å². The topological polar surface area (TPSA) is 60.3 Å². The number of ether oxygens (including phenoxy) is 1. The first-order valence-corrected chi connectivity index (χ1v) is 8.08. The molecule has 6 heteroatoms. The van der Waals surface area contributed by atoms with Crippen LogP contribution in [0.2, 0.25) is 5.02 Å². The zero-order chi connectivity index (χ0) is 18.0. The van der Waals surface area contributed by atoms with E-state index in [4.69, 9.17) is 16.3 Å². The summed E-state index contributed by atoms with van der Waals surface area (Å²) < 4.78 is 7.03. The van der Waals surface area contributed by atoms with Crippen LogP contribution < -0.4 is 15.5 Å². The molecule has 0 spiro atoms. The van der Waals surface area contributed by atoms with E-state index < -0.39 is 5.91 Å². The lowest BCUT2D eigenvalue weighted by molar-refractivity contribution is 0.0949. The molecule has 0 aliphatic heterocycles. The minimum atomic E-state index is -0.440. The summed E-state index contributed by atoms with van der Waals surface area (Å²) in [6.07, 6.45) is 1.52. The highest BCUT2D eigenvalue weighted by molar-refractivity contribution is 6.31. The van der Waals surface area contributed by atoms with Gasteiger partial charge in [-0.3, -0.25) is 9.59 Å². The van der Waals surface area contributed by atoms with E-state index >= 15 is 0 Å². The van der Waals surface area contributed by atoms with Crippen LogP contribution in [0.15, 0.2) is 53.5 Å². The summed E-state index contributed by atoms with van der Waals surface area (Å²) in [5.74, 6) is 0.144. The number of aromatic nitrogens is 1. The van der Waals surface area contributed by atoms with Gasteiger partial charge in [-0.05, 0) is 23.8 Å². The van der Waals surface area contributed by atoms with E-state index in [1.54, 1.807) is 43.0 Å². The minimum Gasteiger partial charge on any atom is -0.495 e. The van der Waals surface area contributed by atoms with E-state index in [2.05, 4.69) is 5.32 Å². The fraction of sp³-hybridized carbons (Fsp3) is 0.158. The van der Waals surface area contributed by atoms with Crippen molar-refractivity contribution in [2.75, 3.05) is 7.11 Å². The molecule has 0 fully saturated rings. The number of para-hydroxylation sites is 1. The van der Waals surface area contributed by atoms with Gasteiger partial charge in [0.25, 0.3) is 5.91 Å². The van der Waals surface area contributed by atoms with Crippen LogP contribution >= 0.6 is 11.6 Å². The number of halogens is 1. The van der Waals surface area contributed by atoms with Crippen molar-refractivity contribution in [3.05, 3.63) is 75.0 Å². The van der Waals surface area contributed by atoms with E-state index in [9.17, 15) is 9.59 Å². The summed E-state index contributed by atoms with van der Waals surface area (Å²) in [5, 5.41) is 3.76. The van der Waals surface area contributed by atoms with Crippen LogP contribution in [0.25, 0.3) is 10.9 Å². The standard InChI is InChI=1S/C19H17ClN2O3/c1-22-11-14(18(23)13-7-5-9-16(25-2)17(13)22)19(24)21-10-12-6-3-4-8-15(12)20/h3-9,11H,10H2,1-2H3,(H,21,24). The van der Waals surface area contributed by atoms with Crippen LogP contribution in [0.1, 0.15) is 15.9 Å². The van der Waals surface area contributed by atoms with Crippen molar-refractivity contribution in [1.29, 1.82) is 0 Å². The fourth-order valence-electron chi connectivity index (χ4n) is 2.77. The molecule has 2 aromatic carbocycles. The lowest BCUT2D eigenvalue weighted by Gasteiger charge is -2.12. The van der Waals surface area contributed by atoms with E-state index in [-0.39, 0.29) is 17.5 Å². The van der Waals surface area contributed by atoms with E-state index in [1.165, 1.54) is 6.20 Å².